The molecule has 1 rings (SSSR count). The van der Waals surface area contributed by atoms with Crippen molar-refractivity contribution >= 4 is 5.97 Å². The van der Waals surface area contributed by atoms with Crippen molar-refractivity contribution in [2.45, 2.75) is 6.42 Å². The number of hydrogen-bond donors (Lipinski definition) is 0. The van der Waals surface area contributed by atoms with Gasteiger partial charge in [-0.2, -0.15) is 5.26 Å². The Kier molecular flexibility index (Phi) is 2.44. The second kappa shape index (κ2) is 3.54. The average molecular weight is 160 g/mol. The van der Waals surface area contributed by atoms with Crippen LogP contribution in [0.1, 0.15) is 11.1 Å². The number of nitriles is 1. The number of aliphatic carboxylic acids is 1. The number of benzene rings is 1. The number of carbonyl (C=O) groups is 1. The van der Waals surface area contributed by atoms with Crippen molar-refractivity contribution in [3.8, 4) is 6.07 Å². The van der Waals surface area contributed by atoms with E-state index in [1.807, 2.05) is 6.07 Å². The molecule has 0 aromatic heterocycles. The van der Waals surface area contributed by atoms with Crippen LogP contribution in [0, 0.1) is 11.3 Å². The summed E-state index contributed by atoms with van der Waals surface area (Å²) in [5.41, 5.74) is 0.890. The lowest BCUT2D eigenvalue weighted by molar-refractivity contribution is -0.304. The Morgan fingerprint density at radius 3 is 2.75 bits per heavy atom. The Bertz CT molecular complexity index is 339. The summed E-state index contributed by atoms with van der Waals surface area (Å²) in [7, 11) is 0. The molecule has 12 heavy (non-hydrogen) atoms. The summed E-state index contributed by atoms with van der Waals surface area (Å²) in [5, 5.41) is 18.8. The monoisotopic (exact) mass is 160 g/mol. The molecule has 0 saturated heterocycles. The van der Waals surface area contributed by atoms with E-state index in [2.05, 4.69) is 0 Å². The van der Waals surface area contributed by atoms with Crippen LogP contribution in [0.5, 0.6) is 0 Å². The van der Waals surface area contributed by atoms with Crippen LogP contribution >= 0.6 is 0 Å². The predicted octanol–water partition coefficient (Wildman–Crippen LogP) is -0.149. The van der Waals surface area contributed by atoms with Crippen LogP contribution in [0.4, 0.5) is 0 Å². The molecule has 0 heterocycles. The summed E-state index contributed by atoms with van der Waals surface area (Å²) in [6, 6.07) is 8.48. The Hall–Kier alpha value is -1.82. The molecule has 0 amide bonds. The first-order chi connectivity index (χ1) is 5.74. The molecule has 0 atom stereocenters. The summed E-state index contributed by atoms with van der Waals surface area (Å²) in [5.74, 6) is -1.17. The van der Waals surface area contributed by atoms with Crippen molar-refractivity contribution < 1.29 is 9.90 Å². The molecule has 0 aliphatic carbocycles. The molecule has 1 aromatic rings. The Labute approximate surface area is 69.9 Å². The normalized spacial score (nSPS) is 8.92. The highest BCUT2D eigenvalue weighted by molar-refractivity contribution is 5.69. The van der Waals surface area contributed by atoms with Gasteiger partial charge in [-0.25, -0.2) is 0 Å². The van der Waals surface area contributed by atoms with Gasteiger partial charge in [0.2, 0.25) is 0 Å². The molecule has 0 aliphatic heterocycles. The minimum absolute atomic E-state index is 0.205. The van der Waals surface area contributed by atoms with E-state index in [1.54, 1.807) is 24.3 Å². The van der Waals surface area contributed by atoms with E-state index in [-0.39, 0.29) is 6.42 Å². The predicted molar refractivity (Wildman–Crippen MR) is 39.9 cm³/mol. The van der Waals surface area contributed by atoms with Gasteiger partial charge in [-0.1, -0.05) is 18.2 Å². The molecule has 0 saturated carbocycles. The van der Waals surface area contributed by atoms with E-state index >= 15 is 0 Å². The van der Waals surface area contributed by atoms with E-state index in [4.69, 9.17) is 5.26 Å². The molecular weight excluding hydrogens is 154 g/mol. The van der Waals surface area contributed by atoms with Gasteiger partial charge in [-0.05, 0) is 11.6 Å². The van der Waals surface area contributed by atoms with E-state index < -0.39 is 5.97 Å². The number of carboxylic acids is 1. The molecule has 0 fully saturated rings. The molecule has 60 valence electrons. The van der Waals surface area contributed by atoms with Crippen LogP contribution in [0.25, 0.3) is 0 Å². The average Bonchev–Trinajstić information content (AvgIpc) is 2.04. The molecule has 0 N–H and O–H groups in total. The fraction of sp³-hybridized carbons (Fsp3) is 0.111. The lowest BCUT2D eigenvalue weighted by Gasteiger charge is -2.03. The molecule has 1 aromatic carbocycles. The zero-order chi connectivity index (χ0) is 8.97. The van der Waals surface area contributed by atoms with Gasteiger partial charge >= 0.3 is 0 Å². The summed E-state index contributed by atoms with van der Waals surface area (Å²) < 4.78 is 0. The third kappa shape index (κ3) is 1.83. The minimum Gasteiger partial charge on any atom is -0.550 e. The fourth-order valence-electron chi connectivity index (χ4n) is 0.939. The lowest BCUT2D eigenvalue weighted by Crippen LogP contribution is -2.24. The maximum atomic E-state index is 10.2. The van der Waals surface area contributed by atoms with Gasteiger partial charge in [-0.3, -0.25) is 0 Å². The molecule has 0 aliphatic rings. The molecule has 0 bridgehead atoms. The SMILES string of the molecule is N#Cc1ccccc1CC(=O)[O-]. The van der Waals surface area contributed by atoms with Crippen LogP contribution in [-0.4, -0.2) is 5.97 Å². The zero-order valence-corrected chi connectivity index (χ0v) is 6.28. The maximum Gasteiger partial charge on any atom is 0.0994 e. The first kappa shape index (κ1) is 8.28. The van der Waals surface area contributed by atoms with Gasteiger partial charge < -0.3 is 9.90 Å². The van der Waals surface area contributed by atoms with Gasteiger partial charge in [0.05, 0.1) is 11.6 Å². The molecule has 3 nitrogen and oxygen atoms in total. The van der Waals surface area contributed by atoms with Gasteiger partial charge in [0.1, 0.15) is 0 Å². The first-order valence-electron chi connectivity index (χ1n) is 3.42. The molecular formula is C9H6NO2-. The van der Waals surface area contributed by atoms with E-state index in [9.17, 15) is 9.90 Å². The van der Waals surface area contributed by atoms with Crippen LogP contribution < -0.4 is 5.11 Å². The Morgan fingerprint density at radius 1 is 1.50 bits per heavy atom. The highest BCUT2D eigenvalue weighted by atomic mass is 16.4. The quantitative estimate of drug-likeness (QED) is 0.604. The van der Waals surface area contributed by atoms with Gasteiger partial charge in [0, 0.05) is 12.4 Å². The zero-order valence-electron chi connectivity index (χ0n) is 6.28. The number of hydrogen-bond acceptors (Lipinski definition) is 3. The van der Waals surface area contributed by atoms with E-state index in [0.717, 1.165) is 0 Å². The number of nitrogens with zero attached hydrogens (tertiary/aromatic N) is 1. The Morgan fingerprint density at radius 2 is 2.17 bits per heavy atom. The molecule has 0 unspecified atom stereocenters. The van der Waals surface area contributed by atoms with E-state index in [0.29, 0.717) is 11.1 Å². The van der Waals surface area contributed by atoms with Crippen LogP contribution in [0.15, 0.2) is 24.3 Å². The summed E-state index contributed by atoms with van der Waals surface area (Å²) in [4.78, 5) is 10.2. The van der Waals surface area contributed by atoms with Crippen LogP contribution in [0.2, 0.25) is 0 Å². The number of rotatable bonds is 2. The van der Waals surface area contributed by atoms with Crippen LogP contribution in [0.3, 0.4) is 0 Å². The fourth-order valence-corrected chi connectivity index (χ4v) is 0.939. The first-order valence-corrected chi connectivity index (χ1v) is 3.42. The Balaban J connectivity index is 2.99. The van der Waals surface area contributed by atoms with E-state index in [1.165, 1.54) is 0 Å². The highest BCUT2D eigenvalue weighted by Gasteiger charge is 1.99. The van der Waals surface area contributed by atoms with Gasteiger partial charge in [0.25, 0.3) is 0 Å². The summed E-state index contributed by atoms with van der Waals surface area (Å²) in [6.07, 6.45) is -0.205. The van der Waals surface area contributed by atoms with Crippen molar-refractivity contribution in [1.29, 1.82) is 5.26 Å². The van der Waals surface area contributed by atoms with Crippen molar-refractivity contribution in [2.24, 2.45) is 0 Å². The highest BCUT2D eigenvalue weighted by Crippen LogP contribution is 2.06. The third-order valence-electron chi connectivity index (χ3n) is 1.47. The second-order valence-corrected chi connectivity index (χ2v) is 2.32. The van der Waals surface area contributed by atoms with Crippen molar-refractivity contribution in [2.75, 3.05) is 0 Å². The largest absolute Gasteiger partial charge is 0.550 e. The van der Waals surface area contributed by atoms with Gasteiger partial charge in [-0.15, -0.1) is 0 Å². The molecule has 3 heteroatoms. The second-order valence-electron chi connectivity index (χ2n) is 2.32. The van der Waals surface area contributed by atoms with Crippen LogP contribution in [-0.2, 0) is 11.2 Å². The summed E-state index contributed by atoms with van der Waals surface area (Å²) in [6.45, 7) is 0. The van der Waals surface area contributed by atoms with Crippen molar-refractivity contribution in [3.05, 3.63) is 35.4 Å². The minimum atomic E-state index is -1.17. The standard InChI is InChI=1S/C9H7NO2/c10-6-8-4-2-1-3-7(8)5-9(11)12/h1-4H,5H2,(H,11,12)/p-1. The van der Waals surface area contributed by atoms with Gasteiger partial charge in [0.15, 0.2) is 0 Å². The number of carboxylic acid groups (broad SMARTS) is 1. The number of carbonyl (C=O) groups excluding carboxylic acids is 1. The third-order valence-corrected chi connectivity index (χ3v) is 1.47. The molecule has 0 spiro atoms. The smallest absolute Gasteiger partial charge is 0.0994 e. The van der Waals surface area contributed by atoms with Crippen molar-refractivity contribution in [3.63, 3.8) is 0 Å². The topological polar surface area (TPSA) is 63.9 Å². The lowest BCUT2D eigenvalue weighted by atomic mass is 10.1. The summed E-state index contributed by atoms with van der Waals surface area (Å²) >= 11 is 0. The maximum absolute atomic E-state index is 10.2. The molecule has 0 radical (unpaired) electrons. The van der Waals surface area contributed by atoms with Crippen molar-refractivity contribution in [1.82, 2.24) is 0 Å².